The highest BCUT2D eigenvalue weighted by Crippen LogP contribution is 2.14. The third-order valence-corrected chi connectivity index (χ3v) is 2.05. The van der Waals surface area contributed by atoms with Crippen LogP contribution in [0.2, 0.25) is 0 Å². The van der Waals surface area contributed by atoms with E-state index in [1.165, 1.54) is 10.9 Å². The quantitative estimate of drug-likeness (QED) is 0.611. The van der Waals surface area contributed by atoms with Crippen molar-refractivity contribution in [2.45, 2.75) is 13.3 Å². The molecule has 0 amide bonds. The molecular formula is C9H9BN2. The number of H-pyrrole nitrogens is 1. The molecule has 3 heteroatoms. The molecule has 2 radical (unpaired) electrons. The summed E-state index contributed by atoms with van der Waals surface area (Å²) in [5.41, 5.74) is 3.06. The fourth-order valence-corrected chi connectivity index (χ4v) is 1.44. The maximum Gasteiger partial charge on any atom is 0.113 e. The van der Waals surface area contributed by atoms with Crippen molar-refractivity contribution in [1.82, 2.24) is 10.2 Å². The third-order valence-electron chi connectivity index (χ3n) is 2.05. The summed E-state index contributed by atoms with van der Waals surface area (Å²) in [5, 5.41) is 8.05. The first kappa shape index (κ1) is 7.41. The van der Waals surface area contributed by atoms with Gasteiger partial charge in [0.25, 0.3) is 0 Å². The van der Waals surface area contributed by atoms with Crippen LogP contribution in [-0.4, -0.2) is 18.0 Å². The second kappa shape index (κ2) is 2.66. The van der Waals surface area contributed by atoms with Crippen LogP contribution in [0, 0.1) is 0 Å². The topological polar surface area (TPSA) is 28.7 Å². The number of hydrogen-bond acceptors (Lipinski definition) is 1. The number of rotatable bonds is 1. The predicted molar refractivity (Wildman–Crippen MR) is 50.9 cm³/mol. The molecule has 58 valence electrons. The van der Waals surface area contributed by atoms with Crippen LogP contribution >= 0.6 is 0 Å². The Balaban J connectivity index is 2.80. The minimum absolute atomic E-state index is 0.795. The zero-order valence-corrected chi connectivity index (χ0v) is 6.96. The molecule has 1 aromatic heterocycles. The second-order valence-electron chi connectivity index (χ2n) is 2.86. The molecule has 1 aromatic carbocycles. The molecule has 0 aliphatic carbocycles. The summed E-state index contributed by atoms with van der Waals surface area (Å²) in [5.74, 6) is 0. The molecular weight excluding hydrogens is 147 g/mol. The van der Waals surface area contributed by atoms with Gasteiger partial charge in [-0.1, -0.05) is 18.5 Å². The molecule has 0 saturated heterocycles. The lowest BCUT2D eigenvalue weighted by Gasteiger charge is -2.00. The van der Waals surface area contributed by atoms with E-state index in [1.807, 2.05) is 18.3 Å². The predicted octanol–water partition coefficient (Wildman–Crippen LogP) is 0.919. The van der Waals surface area contributed by atoms with Gasteiger partial charge in [-0.2, -0.15) is 5.10 Å². The van der Waals surface area contributed by atoms with E-state index in [0.717, 1.165) is 17.4 Å². The van der Waals surface area contributed by atoms with Crippen LogP contribution in [0.15, 0.2) is 18.3 Å². The first-order chi connectivity index (χ1) is 5.81. The normalized spacial score (nSPS) is 10.8. The maximum atomic E-state index is 5.71. The van der Waals surface area contributed by atoms with Crippen LogP contribution in [0.5, 0.6) is 0 Å². The fraction of sp³-hybridized carbons (Fsp3) is 0.222. The summed E-state index contributed by atoms with van der Waals surface area (Å²) in [6, 6.07) is 3.90. The zero-order chi connectivity index (χ0) is 8.55. The van der Waals surface area contributed by atoms with Crippen molar-refractivity contribution in [3.05, 3.63) is 23.9 Å². The Morgan fingerprint density at radius 3 is 3.08 bits per heavy atom. The molecule has 2 rings (SSSR count). The smallest absolute Gasteiger partial charge is 0.113 e. The van der Waals surface area contributed by atoms with Gasteiger partial charge in [0.1, 0.15) is 7.85 Å². The molecule has 0 aliphatic heterocycles. The average molecular weight is 156 g/mol. The lowest BCUT2D eigenvalue weighted by atomic mass is 9.92. The average Bonchev–Trinajstić information content (AvgIpc) is 2.50. The number of benzene rings is 1. The fourth-order valence-electron chi connectivity index (χ4n) is 1.44. The Morgan fingerprint density at radius 1 is 1.50 bits per heavy atom. The molecule has 0 atom stereocenters. The van der Waals surface area contributed by atoms with Gasteiger partial charge in [0.05, 0.1) is 11.7 Å². The van der Waals surface area contributed by atoms with Crippen LogP contribution in [0.3, 0.4) is 0 Å². The highest BCUT2D eigenvalue weighted by atomic mass is 15.1. The van der Waals surface area contributed by atoms with Crippen LogP contribution in [0.4, 0.5) is 0 Å². The molecule has 0 saturated carbocycles. The monoisotopic (exact) mass is 156 g/mol. The highest BCUT2D eigenvalue weighted by molar-refractivity contribution is 6.33. The lowest BCUT2D eigenvalue weighted by molar-refractivity contribution is 1.12. The van der Waals surface area contributed by atoms with Crippen LogP contribution in [-0.2, 0) is 6.42 Å². The molecule has 1 N–H and O–H groups in total. The van der Waals surface area contributed by atoms with Crippen LogP contribution < -0.4 is 5.46 Å². The molecule has 12 heavy (non-hydrogen) atoms. The van der Waals surface area contributed by atoms with E-state index in [0.29, 0.717) is 0 Å². The number of nitrogens with zero attached hydrogens (tertiary/aromatic N) is 1. The number of nitrogens with one attached hydrogen (secondary N) is 1. The Labute approximate surface area is 72.4 Å². The van der Waals surface area contributed by atoms with Gasteiger partial charge in [-0.3, -0.25) is 5.10 Å². The lowest BCUT2D eigenvalue weighted by Crippen LogP contribution is -2.02. The third kappa shape index (κ3) is 1.02. The van der Waals surface area contributed by atoms with Crippen molar-refractivity contribution in [3.63, 3.8) is 0 Å². The Bertz CT molecular complexity index is 406. The Morgan fingerprint density at radius 2 is 2.33 bits per heavy atom. The summed E-state index contributed by atoms with van der Waals surface area (Å²) >= 11 is 0. The van der Waals surface area contributed by atoms with Gasteiger partial charge < -0.3 is 0 Å². The first-order valence-corrected chi connectivity index (χ1v) is 4.02. The van der Waals surface area contributed by atoms with E-state index in [2.05, 4.69) is 17.1 Å². The van der Waals surface area contributed by atoms with E-state index in [9.17, 15) is 0 Å². The molecule has 0 bridgehead atoms. The number of aryl methyl sites for hydroxylation is 1. The van der Waals surface area contributed by atoms with Gasteiger partial charge in [0.15, 0.2) is 0 Å². The van der Waals surface area contributed by atoms with Crippen molar-refractivity contribution in [3.8, 4) is 0 Å². The molecule has 0 fully saturated rings. The van der Waals surface area contributed by atoms with Gasteiger partial charge >= 0.3 is 0 Å². The minimum Gasteiger partial charge on any atom is -0.278 e. The van der Waals surface area contributed by atoms with Gasteiger partial charge in [-0.25, -0.2) is 0 Å². The molecule has 1 heterocycles. The molecule has 0 unspecified atom stereocenters. The highest BCUT2D eigenvalue weighted by Gasteiger charge is 2.01. The molecule has 2 aromatic rings. The molecule has 2 nitrogen and oxygen atoms in total. The Hall–Kier alpha value is -1.25. The van der Waals surface area contributed by atoms with Crippen molar-refractivity contribution in [2.24, 2.45) is 0 Å². The minimum atomic E-state index is 0.795. The standard InChI is InChI=1S/C9H9BN2/c1-2-6-3-7(10)4-9-8(6)5-11-12-9/h3-5H,2H2,1H3,(H,11,12). The number of aromatic amines is 1. The number of fused-ring (bicyclic) bond motifs is 1. The van der Waals surface area contributed by atoms with E-state index in [-0.39, 0.29) is 0 Å². The van der Waals surface area contributed by atoms with Crippen molar-refractivity contribution in [1.29, 1.82) is 0 Å². The van der Waals surface area contributed by atoms with Crippen LogP contribution in [0.25, 0.3) is 10.9 Å². The summed E-state index contributed by atoms with van der Waals surface area (Å²) in [6.07, 6.45) is 2.83. The second-order valence-corrected chi connectivity index (χ2v) is 2.86. The summed E-state index contributed by atoms with van der Waals surface area (Å²) in [4.78, 5) is 0. The van der Waals surface area contributed by atoms with Crippen molar-refractivity contribution >= 4 is 24.2 Å². The molecule has 0 aliphatic rings. The number of hydrogen-bond donors (Lipinski definition) is 1. The Kier molecular flexibility index (Phi) is 1.64. The van der Waals surface area contributed by atoms with E-state index >= 15 is 0 Å². The van der Waals surface area contributed by atoms with Gasteiger partial charge in [0.2, 0.25) is 0 Å². The van der Waals surface area contributed by atoms with E-state index in [4.69, 9.17) is 7.85 Å². The van der Waals surface area contributed by atoms with E-state index < -0.39 is 0 Å². The summed E-state index contributed by atoms with van der Waals surface area (Å²) in [7, 11) is 5.71. The first-order valence-electron chi connectivity index (χ1n) is 4.02. The van der Waals surface area contributed by atoms with Crippen molar-refractivity contribution < 1.29 is 0 Å². The maximum absolute atomic E-state index is 5.71. The summed E-state index contributed by atoms with van der Waals surface area (Å²) in [6.45, 7) is 2.11. The molecule has 0 spiro atoms. The largest absolute Gasteiger partial charge is 0.278 e. The SMILES string of the molecule is [B]c1cc(CC)c2cn[nH]c2c1. The summed E-state index contributed by atoms with van der Waals surface area (Å²) < 4.78 is 0. The van der Waals surface area contributed by atoms with Crippen molar-refractivity contribution in [2.75, 3.05) is 0 Å². The van der Waals surface area contributed by atoms with Gasteiger partial charge in [-0.05, 0) is 18.1 Å². The van der Waals surface area contributed by atoms with Gasteiger partial charge in [0, 0.05) is 5.39 Å². The van der Waals surface area contributed by atoms with E-state index in [1.54, 1.807) is 0 Å². The zero-order valence-electron chi connectivity index (χ0n) is 6.96. The van der Waals surface area contributed by atoms with Gasteiger partial charge in [-0.15, -0.1) is 0 Å². The van der Waals surface area contributed by atoms with Crippen LogP contribution in [0.1, 0.15) is 12.5 Å². The number of aromatic nitrogens is 2.